The lowest BCUT2D eigenvalue weighted by Crippen LogP contribution is -2.37. The summed E-state index contributed by atoms with van der Waals surface area (Å²) >= 11 is 6.16. The van der Waals surface area contributed by atoms with E-state index in [9.17, 15) is 4.79 Å². The summed E-state index contributed by atoms with van der Waals surface area (Å²) in [6, 6.07) is 8.25. The van der Waals surface area contributed by atoms with Crippen molar-refractivity contribution in [2.75, 3.05) is 19.6 Å². The van der Waals surface area contributed by atoms with Crippen molar-refractivity contribution in [1.82, 2.24) is 10.2 Å². The van der Waals surface area contributed by atoms with Crippen LogP contribution in [0.1, 0.15) is 43.7 Å². The van der Waals surface area contributed by atoms with Crippen molar-refractivity contribution in [1.29, 1.82) is 0 Å². The van der Waals surface area contributed by atoms with Gasteiger partial charge in [0.15, 0.2) is 0 Å². The molecule has 124 valence electrons. The molecule has 1 heterocycles. The lowest BCUT2D eigenvalue weighted by molar-refractivity contribution is -0.121. The summed E-state index contributed by atoms with van der Waals surface area (Å²) in [7, 11) is 0. The van der Waals surface area contributed by atoms with Crippen molar-refractivity contribution >= 4 is 17.5 Å². The SMILES string of the molecule is O=C(CC1C=CCC1)NCC(c1cccc(Cl)c1)N1CCCC1. The van der Waals surface area contributed by atoms with E-state index in [1.54, 1.807) is 0 Å². The molecule has 0 radical (unpaired) electrons. The Hall–Kier alpha value is -1.32. The first-order chi connectivity index (χ1) is 11.2. The molecule has 0 bridgehead atoms. The van der Waals surface area contributed by atoms with Gasteiger partial charge in [0.05, 0.1) is 6.04 Å². The number of hydrogen-bond acceptors (Lipinski definition) is 2. The number of nitrogens with zero attached hydrogens (tertiary/aromatic N) is 1. The zero-order valence-corrected chi connectivity index (χ0v) is 14.3. The van der Waals surface area contributed by atoms with Crippen molar-refractivity contribution < 1.29 is 4.79 Å². The van der Waals surface area contributed by atoms with Gasteiger partial charge in [-0.15, -0.1) is 0 Å². The fourth-order valence-electron chi connectivity index (χ4n) is 3.61. The Bertz CT molecular complexity index is 566. The second kappa shape index (κ2) is 7.98. The highest BCUT2D eigenvalue weighted by atomic mass is 35.5. The molecule has 3 rings (SSSR count). The number of hydrogen-bond donors (Lipinski definition) is 1. The molecule has 4 heteroatoms. The number of likely N-dealkylation sites (tertiary alicyclic amines) is 1. The van der Waals surface area contributed by atoms with Gasteiger partial charge < -0.3 is 5.32 Å². The first-order valence-corrected chi connectivity index (χ1v) is 9.03. The Balaban J connectivity index is 1.61. The third kappa shape index (κ3) is 4.58. The Kier molecular flexibility index (Phi) is 5.74. The third-order valence-electron chi connectivity index (χ3n) is 4.87. The molecule has 1 amide bonds. The number of allylic oxidation sites excluding steroid dienone is 2. The van der Waals surface area contributed by atoms with Crippen LogP contribution >= 0.6 is 11.6 Å². The van der Waals surface area contributed by atoms with E-state index < -0.39 is 0 Å². The lowest BCUT2D eigenvalue weighted by Gasteiger charge is -2.28. The Morgan fingerprint density at radius 3 is 2.87 bits per heavy atom. The molecule has 2 atom stereocenters. The molecule has 0 saturated carbocycles. The second-order valence-corrected chi connectivity index (χ2v) is 7.02. The van der Waals surface area contributed by atoms with Crippen molar-refractivity contribution in [3.05, 3.63) is 47.0 Å². The molecule has 0 aromatic heterocycles. The molecule has 2 unspecified atom stereocenters. The van der Waals surface area contributed by atoms with Gasteiger partial charge in [0.2, 0.25) is 5.91 Å². The average molecular weight is 333 g/mol. The standard InChI is InChI=1S/C19H25ClN2O/c20-17-9-5-8-16(13-17)18(22-10-3-4-11-22)14-21-19(23)12-15-6-1-2-7-15/h1,5-6,8-9,13,15,18H,2-4,7,10-12,14H2,(H,21,23). The molecule has 23 heavy (non-hydrogen) atoms. The maximum Gasteiger partial charge on any atom is 0.220 e. The van der Waals surface area contributed by atoms with Crippen LogP contribution in [0, 0.1) is 5.92 Å². The van der Waals surface area contributed by atoms with Gasteiger partial charge in [-0.05, 0) is 62.4 Å². The number of halogens is 1. The fraction of sp³-hybridized carbons (Fsp3) is 0.526. The van der Waals surface area contributed by atoms with Gasteiger partial charge in [0, 0.05) is 18.0 Å². The van der Waals surface area contributed by atoms with Crippen LogP contribution in [0.4, 0.5) is 0 Å². The average Bonchev–Trinajstić information content (AvgIpc) is 3.21. The van der Waals surface area contributed by atoms with E-state index in [4.69, 9.17) is 11.6 Å². The van der Waals surface area contributed by atoms with Gasteiger partial charge in [-0.3, -0.25) is 9.69 Å². The van der Waals surface area contributed by atoms with E-state index in [2.05, 4.69) is 28.4 Å². The van der Waals surface area contributed by atoms with Crippen LogP contribution in [-0.4, -0.2) is 30.4 Å². The van der Waals surface area contributed by atoms with E-state index in [-0.39, 0.29) is 11.9 Å². The zero-order chi connectivity index (χ0) is 16.1. The predicted molar refractivity (Wildman–Crippen MR) is 94.5 cm³/mol. The van der Waals surface area contributed by atoms with Crippen LogP contribution in [-0.2, 0) is 4.79 Å². The van der Waals surface area contributed by atoms with Crippen LogP contribution in [0.25, 0.3) is 0 Å². The van der Waals surface area contributed by atoms with Crippen LogP contribution < -0.4 is 5.32 Å². The Morgan fingerprint density at radius 1 is 1.35 bits per heavy atom. The monoisotopic (exact) mass is 332 g/mol. The quantitative estimate of drug-likeness (QED) is 0.800. The minimum atomic E-state index is 0.160. The van der Waals surface area contributed by atoms with Gasteiger partial charge in [-0.1, -0.05) is 35.9 Å². The molecule has 1 aromatic rings. The largest absolute Gasteiger partial charge is 0.354 e. The van der Waals surface area contributed by atoms with Gasteiger partial charge in [-0.2, -0.15) is 0 Å². The molecule has 1 aliphatic carbocycles. The lowest BCUT2D eigenvalue weighted by atomic mass is 10.0. The van der Waals surface area contributed by atoms with Crippen molar-refractivity contribution in [2.45, 2.75) is 38.1 Å². The first kappa shape index (κ1) is 16.5. The smallest absolute Gasteiger partial charge is 0.220 e. The summed E-state index contributed by atoms with van der Waals surface area (Å²) < 4.78 is 0. The normalized spacial score (nSPS) is 22.4. The molecule has 0 spiro atoms. The maximum absolute atomic E-state index is 12.2. The second-order valence-electron chi connectivity index (χ2n) is 6.59. The highest BCUT2D eigenvalue weighted by Gasteiger charge is 2.24. The van der Waals surface area contributed by atoms with Crippen molar-refractivity contribution in [3.8, 4) is 0 Å². The Morgan fingerprint density at radius 2 is 2.17 bits per heavy atom. The predicted octanol–water partition coefficient (Wildman–Crippen LogP) is 3.95. The molecule has 1 aliphatic heterocycles. The van der Waals surface area contributed by atoms with Crippen LogP contribution in [0.3, 0.4) is 0 Å². The maximum atomic E-state index is 12.2. The number of amides is 1. The van der Waals surface area contributed by atoms with Gasteiger partial charge in [-0.25, -0.2) is 0 Å². The number of carbonyl (C=O) groups is 1. The minimum Gasteiger partial charge on any atom is -0.354 e. The summed E-state index contributed by atoms with van der Waals surface area (Å²) in [5.74, 6) is 0.583. The summed E-state index contributed by atoms with van der Waals surface area (Å²) in [6.45, 7) is 2.85. The van der Waals surface area contributed by atoms with Crippen molar-refractivity contribution in [3.63, 3.8) is 0 Å². The van der Waals surface area contributed by atoms with Crippen LogP contribution in [0.5, 0.6) is 0 Å². The zero-order valence-electron chi connectivity index (χ0n) is 13.5. The first-order valence-electron chi connectivity index (χ1n) is 8.65. The molecule has 2 aliphatic rings. The summed E-state index contributed by atoms with van der Waals surface area (Å²) in [5.41, 5.74) is 1.19. The van der Waals surface area contributed by atoms with Gasteiger partial charge in [0.1, 0.15) is 0 Å². The molecular weight excluding hydrogens is 308 g/mol. The van der Waals surface area contributed by atoms with E-state index in [1.165, 1.54) is 18.4 Å². The molecule has 1 saturated heterocycles. The fourth-order valence-corrected chi connectivity index (χ4v) is 3.81. The molecular formula is C19H25ClN2O. The summed E-state index contributed by atoms with van der Waals surface area (Å²) in [5, 5.41) is 3.91. The van der Waals surface area contributed by atoms with Crippen molar-refractivity contribution in [2.24, 2.45) is 5.92 Å². The number of carbonyl (C=O) groups excluding carboxylic acids is 1. The Labute approximate surface area is 143 Å². The summed E-state index contributed by atoms with van der Waals surface area (Å²) in [6.07, 6.45) is 9.65. The van der Waals surface area contributed by atoms with Gasteiger partial charge in [0.25, 0.3) is 0 Å². The molecule has 1 N–H and O–H groups in total. The summed E-state index contributed by atoms with van der Waals surface area (Å²) in [4.78, 5) is 14.7. The number of rotatable bonds is 6. The molecule has 3 nitrogen and oxygen atoms in total. The highest BCUT2D eigenvalue weighted by Crippen LogP contribution is 2.27. The topological polar surface area (TPSA) is 32.3 Å². The molecule has 1 aromatic carbocycles. The minimum absolute atomic E-state index is 0.160. The highest BCUT2D eigenvalue weighted by molar-refractivity contribution is 6.30. The number of benzene rings is 1. The van der Waals surface area contributed by atoms with E-state index in [1.807, 2.05) is 18.2 Å². The third-order valence-corrected chi connectivity index (χ3v) is 5.10. The van der Waals surface area contributed by atoms with E-state index >= 15 is 0 Å². The molecule has 1 fully saturated rings. The van der Waals surface area contributed by atoms with Gasteiger partial charge >= 0.3 is 0 Å². The number of nitrogens with one attached hydrogen (secondary N) is 1. The van der Waals surface area contributed by atoms with E-state index in [0.29, 0.717) is 18.9 Å². The van der Waals surface area contributed by atoms with Crippen LogP contribution in [0.2, 0.25) is 5.02 Å². The van der Waals surface area contributed by atoms with E-state index in [0.717, 1.165) is 31.0 Å². The van der Waals surface area contributed by atoms with Crippen LogP contribution in [0.15, 0.2) is 36.4 Å².